The topological polar surface area (TPSA) is 102 Å². The van der Waals surface area contributed by atoms with E-state index in [9.17, 15) is 9.18 Å². The third kappa shape index (κ3) is 3.86. The minimum atomic E-state index is -0.701. The average Bonchev–Trinajstić information content (AvgIpc) is 2.98. The lowest BCUT2D eigenvalue weighted by Crippen LogP contribution is -2.28. The van der Waals surface area contributed by atoms with Gasteiger partial charge in [0.15, 0.2) is 0 Å². The molecule has 1 aromatic heterocycles. The van der Waals surface area contributed by atoms with Gasteiger partial charge in [0.2, 0.25) is 0 Å². The van der Waals surface area contributed by atoms with Crippen molar-refractivity contribution in [2.45, 2.75) is 13.1 Å². The number of nitrogens with two attached hydrogens (primary N) is 1. The molecule has 0 fully saturated rings. The Kier molecular flexibility index (Phi) is 4.80. The van der Waals surface area contributed by atoms with E-state index in [2.05, 4.69) is 10.4 Å². The van der Waals surface area contributed by atoms with Crippen molar-refractivity contribution in [1.29, 1.82) is 0 Å². The van der Waals surface area contributed by atoms with Crippen LogP contribution in [0, 0.1) is 5.82 Å². The highest BCUT2D eigenvalue weighted by Gasteiger charge is 2.09. The van der Waals surface area contributed by atoms with Crippen molar-refractivity contribution < 1.29 is 19.0 Å². The number of aliphatic hydroxyl groups is 1. The van der Waals surface area contributed by atoms with Crippen LogP contribution in [-0.4, -0.2) is 27.5 Å². The van der Waals surface area contributed by atoms with Gasteiger partial charge in [-0.05, 0) is 36.4 Å². The number of ether oxygens (including phenoxy) is 1. The Bertz CT molecular complexity index is 910. The van der Waals surface area contributed by atoms with Crippen molar-refractivity contribution >= 4 is 16.9 Å². The normalized spacial score (nSPS) is 10.8. The van der Waals surface area contributed by atoms with Crippen LogP contribution in [0.15, 0.2) is 42.6 Å². The number of aromatic nitrogens is 2. The molecule has 8 heteroatoms. The molecule has 130 valence electrons. The van der Waals surface area contributed by atoms with Gasteiger partial charge >= 0.3 is 6.03 Å². The predicted molar refractivity (Wildman–Crippen MR) is 89.7 cm³/mol. The molecule has 0 atom stereocenters. The number of nitrogens with one attached hydrogen (secondary N) is 1. The summed E-state index contributed by atoms with van der Waals surface area (Å²) in [6.07, 6.45) is 1.68. The molecule has 7 nitrogen and oxygen atoms in total. The van der Waals surface area contributed by atoms with Gasteiger partial charge in [0.1, 0.15) is 17.3 Å². The quantitative estimate of drug-likeness (QED) is 0.637. The molecule has 0 saturated heterocycles. The molecule has 4 N–H and O–H groups in total. The number of nitrogens with zero attached hydrogens (tertiary/aromatic N) is 2. The number of amides is 2. The van der Waals surface area contributed by atoms with E-state index in [1.807, 2.05) is 6.07 Å². The number of aliphatic hydroxyl groups excluding tert-OH is 1. The first-order valence-corrected chi connectivity index (χ1v) is 7.63. The van der Waals surface area contributed by atoms with E-state index in [-0.39, 0.29) is 13.2 Å². The Morgan fingerprint density at radius 1 is 1.32 bits per heavy atom. The molecular weight excluding hydrogens is 327 g/mol. The first-order valence-electron chi connectivity index (χ1n) is 7.63. The molecule has 0 aliphatic heterocycles. The van der Waals surface area contributed by atoms with Gasteiger partial charge in [0.05, 0.1) is 24.9 Å². The van der Waals surface area contributed by atoms with Gasteiger partial charge in [-0.15, -0.1) is 0 Å². The third-order valence-corrected chi connectivity index (χ3v) is 3.63. The summed E-state index contributed by atoms with van der Waals surface area (Å²) in [5.41, 5.74) is 6.40. The van der Waals surface area contributed by atoms with Crippen molar-refractivity contribution in [3.63, 3.8) is 0 Å². The van der Waals surface area contributed by atoms with Gasteiger partial charge < -0.3 is 20.9 Å². The second-order valence-electron chi connectivity index (χ2n) is 5.38. The van der Waals surface area contributed by atoms with Crippen LogP contribution in [0.5, 0.6) is 11.5 Å². The number of urea groups is 1. The van der Waals surface area contributed by atoms with E-state index in [0.29, 0.717) is 23.6 Å². The van der Waals surface area contributed by atoms with E-state index in [1.165, 1.54) is 18.2 Å². The fourth-order valence-corrected chi connectivity index (χ4v) is 2.50. The molecule has 0 unspecified atom stereocenters. The summed E-state index contributed by atoms with van der Waals surface area (Å²) in [6, 6.07) is 8.74. The Morgan fingerprint density at radius 2 is 2.16 bits per heavy atom. The number of fused-ring (bicyclic) bond motifs is 1. The van der Waals surface area contributed by atoms with Gasteiger partial charge in [-0.2, -0.15) is 5.10 Å². The smallest absolute Gasteiger partial charge is 0.312 e. The van der Waals surface area contributed by atoms with Crippen LogP contribution < -0.4 is 15.8 Å². The molecule has 0 bridgehead atoms. The van der Waals surface area contributed by atoms with Crippen LogP contribution in [-0.2, 0) is 13.1 Å². The molecule has 3 aromatic rings. The molecular formula is C17H17FN4O3. The van der Waals surface area contributed by atoms with Crippen molar-refractivity contribution in [3.05, 3.63) is 54.0 Å². The van der Waals surface area contributed by atoms with E-state index in [1.54, 1.807) is 23.0 Å². The highest BCUT2D eigenvalue weighted by atomic mass is 19.1. The number of hydrogen-bond donors (Lipinski definition) is 3. The molecule has 0 saturated carbocycles. The van der Waals surface area contributed by atoms with Crippen LogP contribution in [0.2, 0.25) is 0 Å². The lowest BCUT2D eigenvalue weighted by Gasteiger charge is -2.12. The van der Waals surface area contributed by atoms with Gasteiger partial charge in [0.25, 0.3) is 0 Å². The van der Waals surface area contributed by atoms with Crippen molar-refractivity contribution in [2.24, 2.45) is 5.73 Å². The average molecular weight is 344 g/mol. The predicted octanol–water partition coefficient (Wildman–Crippen LogP) is 2.13. The molecule has 0 aliphatic rings. The molecule has 0 spiro atoms. The molecule has 2 aromatic carbocycles. The summed E-state index contributed by atoms with van der Waals surface area (Å²) in [5, 5.41) is 16.5. The standard InChI is InChI=1S/C17H17FN4O3/c18-13-1-4-16(12(7-13)9-20-17(19)24)25-14-2-3-15-11(8-14)10-21-22(15)5-6-23/h1-4,7-8,10,23H,5-6,9H2,(H3,19,20,24). The number of benzene rings is 2. The number of hydrogen-bond acceptors (Lipinski definition) is 4. The van der Waals surface area contributed by atoms with Crippen LogP contribution in [0.4, 0.5) is 9.18 Å². The summed E-state index contributed by atoms with van der Waals surface area (Å²) in [7, 11) is 0. The number of carbonyl (C=O) groups excluding carboxylic acids is 1. The molecule has 3 rings (SSSR count). The Hall–Kier alpha value is -3.13. The van der Waals surface area contributed by atoms with Gasteiger partial charge in [0, 0.05) is 17.5 Å². The zero-order valence-corrected chi connectivity index (χ0v) is 13.3. The number of primary amides is 1. The maximum absolute atomic E-state index is 13.5. The molecule has 0 radical (unpaired) electrons. The third-order valence-electron chi connectivity index (χ3n) is 3.63. The largest absolute Gasteiger partial charge is 0.457 e. The Labute approximate surface area is 142 Å². The van der Waals surface area contributed by atoms with Gasteiger partial charge in [-0.25, -0.2) is 9.18 Å². The molecule has 25 heavy (non-hydrogen) atoms. The second-order valence-corrected chi connectivity index (χ2v) is 5.38. The monoisotopic (exact) mass is 344 g/mol. The summed E-state index contributed by atoms with van der Waals surface area (Å²) >= 11 is 0. The van der Waals surface area contributed by atoms with E-state index < -0.39 is 11.8 Å². The van der Waals surface area contributed by atoms with E-state index >= 15 is 0 Å². The van der Waals surface area contributed by atoms with Gasteiger partial charge in [-0.3, -0.25) is 4.68 Å². The Balaban J connectivity index is 1.86. The highest BCUT2D eigenvalue weighted by Crippen LogP contribution is 2.28. The van der Waals surface area contributed by atoms with Crippen LogP contribution in [0.25, 0.3) is 10.9 Å². The molecule has 2 amide bonds. The molecule has 0 aliphatic carbocycles. The fourth-order valence-electron chi connectivity index (χ4n) is 2.50. The lowest BCUT2D eigenvalue weighted by atomic mass is 10.2. The zero-order chi connectivity index (χ0) is 17.8. The number of halogens is 1. The Morgan fingerprint density at radius 3 is 2.92 bits per heavy atom. The lowest BCUT2D eigenvalue weighted by molar-refractivity contribution is 0.248. The highest BCUT2D eigenvalue weighted by molar-refractivity contribution is 5.80. The van der Waals surface area contributed by atoms with Gasteiger partial charge in [-0.1, -0.05) is 0 Å². The first-order chi connectivity index (χ1) is 12.1. The minimum absolute atomic E-state index is 0.000827. The summed E-state index contributed by atoms with van der Waals surface area (Å²) in [5.74, 6) is 0.523. The summed E-state index contributed by atoms with van der Waals surface area (Å²) in [6.45, 7) is 0.463. The van der Waals surface area contributed by atoms with Crippen LogP contribution >= 0.6 is 0 Å². The van der Waals surface area contributed by atoms with Crippen molar-refractivity contribution in [1.82, 2.24) is 15.1 Å². The minimum Gasteiger partial charge on any atom is -0.457 e. The van der Waals surface area contributed by atoms with Crippen LogP contribution in [0.1, 0.15) is 5.56 Å². The maximum atomic E-state index is 13.5. The SMILES string of the molecule is NC(=O)NCc1cc(F)ccc1Oc1ccc2c(cnn2CCO)c1. The van der Waals surface area contributed by atoms with E-state index in [0.717, 1.165) is 10.9 Å². The second kappa shape index (κ2) is 7.18. The zero-order valence-electron chi connectivity index (χ0n) is 13.3. The van der Waals surface area contributed by atoms with Crippen molar-refractivity contribution in [2.75, 3.05) is 6.61 Å². The molecule has 1 heterocycles. The summed E-state index contributed by atoms with van der Waals surface area (Å²) < 4.78 is 21.0. The number of carbonyl (C=O) groups is 1. The fraction of sp³-hybridized carbons (Fsp3) is 0.176. The summed E-state index contributed by atoms with van der Waals surface area (Å²) in [4.78, 5) is 10.9. The first kappa shape index (κ1) is 16.7. The van der Waals surface area contributed by atoms with E-state index in [4.69, 9.17) is 15.6 Å². The maximum Gasteiger partial charge on any atom is 0.312 e. The van der Waals surface area contributed by atoms with Crippen LogP contribution in [0.3, 0.4) is 0 Å². The number of rotatable bonds is 6. The van der Waals surface area contributed by atoms with Crippen molar-refractivity contribution in [3.8, 4) is 11.5 Å².